The number of nitrogens with one attached hydrogen (secondary N) is 2. The van der Waals surface area contributed by atoms with Crippen LogP contribution in [-0.4, -0.2) is 50.6 Å². The summed E-state index contributed by atoms with van der Waals surface area (Å²) in [6.45, 7) is 2.92. The van der Waals surface area contributed by atoms with Gasteiger partial charge in [-0.15, -0.1) is 0 Å². The lowest BCUT2D eigenvalue weighted by Gasteiger charge is -2.18. The number of likely N-dealkylation sites (tertiary alicyclic amines) is 1. The molecule has 0 spiro atoms. The summed E-state index contributed by atoms with van der Waals surface area (Å²) in [6, 6.07) is 0.372. The minimum Gasteiger partial charge on any atom is -0.352 e. The van der Waals surface area contributed by atoms with Crippen LogP contribution in [0.4, 0.5) is 0 Å². The zero-order chi connectivity index (χ0) is 10.9. The normalized spacial score (nSPS) is 29.1. The van der Waals surface area contributed by atoms with Crippen LogP contribution in [0, 0.1) is 5.41 Å². The first-order chi connectivity index (χ1) is 7.16. The lowest BCUT2D eigenvalue weighted by atomic mass is 10.1. The summed E-state index contributed by atoms with van der Waals surface area (Å²) in [5.41, 5.74) is -0.0735. The minimum absolute atomic E-state index is 0.0735. The van der Waals surface area contributed by atoms with E-state index < -0.39 is 0 Å². The van der Waals surface area contributed by atoms with E-state index in [-0.39, 0.29) is 11.3 Å². The predicted molar refractivity (Wildman–Crippen MR) is 59.6 cm³/mol. The van der Waals surface area contributed by atoms with Gasteiger partial charge in [-0.25, -0.2) is 0 Å². The van der Waals surface area contributed by atoms with E-state index in [1.165, 1.54) is 0 Å². The average molecular weight is 211 g/mol. The van der Waals surface area contributed by atoms with Crippen LogP contribution in [0.5, 0.6) is 0 Å². The molecule has 15 heavy (non-hydrogen) atoms. The Morgan fingerprint density at radius 3 is 2.73 bits per heavy atom. The summed E-state index contributed by atoms with van der Waals surface area (Å²) in [7, 11) is 4.02. The van der Waals surface area contributed by atoms with Crippen LogP contribution in [0.3, 0.4) is 0 Å². The Morgan fingerprint density at radius 1 is 1.53 bits per heavy atom. The standard InChI is InChI=1S/C11H21N3O/c1-12-8-11(4-5-11)10(15)13-9-3-6-14(2)7-9/h9,12H,3-8H2,1-2H3,(H,13,15). The van der Waals surface area contributed by atoms with E-state index in [0.29, 0.717) is 6.04 Å². The molecule has 2 aliphatic rings. The molecule has 86 valence electrons. The van der Waals surface area contributed by atoms with Gasteiger partial charge in [0.1, 0.15) is 0 Å². The Labute approximate surface area is 91.4 Å². The third kappa shape index (κ3) is 2.32. The zero-order valence-electron chi connectivity index (χ0n) is 9.68. The molecule has 0 aromatic rings. The second kappa shape index (κ2) is 4.10. The van der Waals surface area contributed by atoms with E-state index in [9.17, 15) is 4.79 Å². The molecule has 0 aromatic heterocycles. The largest absolute Gasteiger partial charge is 0.352 e. The molecule has 1 saturated carbocycles. The highest BCUT2D eigenvalue weighted by Gasteiger charge is 2.49. The van der Waals surface area contributed by atoms with E-state index in [2.05, 4.69) is 22.6 Å². The van der Waals surface area contributed by atoms with Crippen LogP contribution in [-0.2, 0) is 4.79 Å². The quantitative estimate of drug-likeness (QED) is 0.677. The maximum absolute atomic E-state index is 12.0. The highest BCUT2D eigenvalue weighted by atomic mass is 16.2. The van der Waals surface area contributed by atoms with Gasteiger partial charge in [0.05, 0.1) is 5.41 Å². The SMILES string of the molecule is CNCC1(C(=O)NC2CCN(C)C2)CC1. The molecule has 1 aliphatic heterocycles. The fourth-order valence-electron chi connectivity index (χ4n) is 2.36. The molecule has 1 amide bonds. The first-order valence-corrected chi connectivity index (χ1v) is 5.80. The van der Waals surface area contributed by atoms with Gasteiger partial charge in [0.25, 0.3) is 0 Å². The van der Waals surface area contributed by atoms with Gasteiger partial charge in [0.2, 0.25) is 5.91 Å². The fraction of sp³-hybridized carbons (Fsp3) is 0.909. The molecule has 4 nitrogen and oxygen atoms in total. The molecule has 2 rings (SSSR count). The summed E-state index contributed by atoms with van der Waals surface area (Å²) in [6.07, 6.45) is 3.18. The second-order valence-corrected chi connectivity index (χ2v) is 5.03. The van der Waals surface area contributed by atoms with Crippen LogP contribution < -0.4 is 10.6 Å². The van der Waals surface area contributed by atoms with Crippen molar-refractivity contribution in [3.63, 3.8) is 0 Å². The Balaban J connectivity index is 1.82. The first kappa shape index (κ1) is 10.9. The van der Waals surface area contributed by atoms with E-state index in [1.807, 2.05) is 7.05 Å². The Kier molecular flexibility index (Phi) is 2.98. The highest BCUT2D eigenvalue weighted by Crippen LogP contribution is 2.45. The number of hydrogen-bond donors (Lipinski definition) is 2. The summed E-state index contributed by atoms with van der Waals surface area (Å²) in [5.74, 6) is 0.261. The van der Waals surface area contributed by atoms with Crippen molar-refractivity contribution in [1.29, 1.82) is 0 Å². The first-order valence-electron chi connectivity index (χ1n) is 5.80. The van der Waals surface area contributed by atoms with E-state index >= 15 is 0 Å². The Morgan fingerprint density at radius 2 is 2.27 bits per heavy atom. The third-order valence-electron chi connectivity index (χ3n) is 3.58. The van der Waals surface area contributed by atoms with Gasteiger partial charge in [-0.3, -0.25) is 4.79 Å². The van der Waals surface area contributed by atoms with Crippen molar-refractivity contribution in [2.45, 2.75) is 25.3 Å². The molecule has 1 aliphatic carbocycles. The molecule has 1 heterocycles. The maximum Gasteiger partial charge on any atom is 0.227 e. The number of rotatable bonds is 4. The summed E-state index contributed by atoms with van der Waals surface area (Å²) in [5, 5.41) is 6.29. The molecule has 1 unspecified atom stereocenters. The van der Waals surface area contributed by atoms with Crippen LogP contribution >= 0.6 is 0 Å². The second-order valence-electron chi connectivity index (χ2n) is 5.03. The molecule has 0 bridgehead atoms. The molecule has 0 aromatic carbocycles. The molecule has 1 saturated heterocycles. The van der Waals surface area contributed by atoms with Crippen LogP contribution in [0.25, 0.3) is 0 Å². The monoisotopic (exact) mass is 211 g/mol. The van der Waals surface area contributed by atoms with Gasteiger partial charge in [-0.05, 0) is 39.9 Å². The summed E-state index contributed by atoms with van der Waals surface area (Å²) < 4.78 is 0. The van der Waals surface area contributed by atoms with Gasteiger partial charge in [-0.1, -0.05) is 0 Å². The molecule has 1 atom stereocenters. The molecular formula is C11H21N3O. The maximum atomic E-state index is 12.0. The lowest BCUT2D eigenvalue weighted by molar-refractivity contribution is -0.126. The van der Waals surface area contributed by atoms with Crippen molar-refractivity contribution >= 4 is 5.91 Å². The Bertz CT molecular complexity index is 250. The summed E-state index contributed by atoms with van der Waals surface area (Å²) in [4.78, 5) is 14.3. The zero-order valence-corrected chi connectivity index (χ0v) is 9.68. The third-order valence-corrected chi connectivity index (χ3v) is 3.58. The number of carbonyl (C=O) groups is 1. The smallest absolute Gasteiger partial charge is 0.227 e. The molecule has 2 fully saturated rings. The number of hydrogen-bond acceptors (Lipinski definition) is 3. The number of nitrogens with zero attached hydrogens (tertiary/aromatic N) is 1. The Hall–Kier alpha value is -0.610. The molecule has 0 radical (unpaired) electrons. The van der Waals surface area contributed by atoms with Crippen LogP contribution in [0.1, 0.15) is 19.3 Å². The molecular weight excluding hydrogens is 190 g/mol. The van der Waals surface area contributed by atoms with Crippen molar-refractivity contribution in [2.75, 3.05) is 33.7 Å². The number of likely N-dealkylation sites (N-methyl/N-ethyl adjacent to an activating group) is 1. The highest BCUT2D eigenvalue weighted by molar-refractivity contribution is 5.85. The van der Waals surface area contributed by atoms with E-state index in [0.717, 1.165) is 38.9 Å². The van der Waals surface area contributed by atoms with E-state index in [1.54, 1.807) is 0 Å². The average Bonchev–Trinajstić information content (AvgIpc) is 2.86. The van der Waals surface area contributed by atoms with Crippen molar-refractivity contribution in [1.82, 2.24) is 15.5 Å². The number of amides is 1. The molecule has 4 heteroatoms. The summed E-state index contributed by atoms with van der Waals surface area (Å²) >= 11 is 0. The van der Waals surface area contributed by atoms with Gasteiger partial charge in [0, 0.05) is 19.1 Å². The van der Waals surface area contributed by atoms with Crippen molar-refractivity contribution in [2.24, 2.45) is 5.41 Å². The van der Waals surface area contributed by atoms with Crippen molar-refractivity contribution in [3.8, 4) is 0 Å². The van der Waals surface area contributed by atoms with Crippen LogP contribution in [0.15, 0.2) is 0 Å². The molecule has 2 N–H and O–H groups in total. The van der Waals surface area contributed by atoms with Crippen molar-refractivity contribution < 1.29 is 4.79 Å². The van der Waals surface area contributed by atoms with Gasteiger partial charge in [0.15, 0.2) is 0 Å². The minimum atomic E-state index is -0.0735. The van der Waals surface area contributed by atoms with Gasteiger partial charge >= 0.3 is 0 Å². The predicted octanol–water partition coefficient (Wildman–Crippen LogP) is -0.194. The van der Waals surface area contributed by atoms with Gasteiger partial charge < -0.3 is 15.5 Å². The van der Waals surface area contributed by atoms with Gasteiger partial charge in [-0.2, -0.15) is 0 Å². The topological polar surface area (TPSA) is 44.4 Å². The van der Waals surface area contributed by atoms with E-state index in [4.69, 9.17) is 0 Å². The van der Waals surface area contributed by atoms with Crippen LogP contribution in [0.2, 0.25) is 0 Å². The lowest BCUT2D eigenvalue weighted by Crippen LogP contribution is -2.43. The number of carbonyl (C=O) groups excluding carboxylic acids is 1. The van der Waals surface area contributed by atoms with Crippen molar-refractivity contribution in [3.05, 3.63) is 0 Å². The fourth-order valence-corrected chi connectivity index (χ4v) is 2.36.